The maximum atomic E-state index is 13.6. The summed E-state index contributed by atoms with van der Waals surface area (Å²) in [6.45, 7) is 0.334. The lowest BCUT2D eigenvalue weighted by molar-refractivity contribution is 0.613. The van der Waals surface area contributed by atoms with E-state index in [4.69, 9.17) is 0 Å². The fraction of sp³-hybridized carbons (Fsp3) is 0.154. The van der Waals surface area contributed by atoms with Crippen molar-refractivity contribution in [3.05, 3.63) is 48.0 Å². The molecule has 6 nitrogen and oxygen atoms in total. The van der Waals surface area contributed by atoms with Crippen molar-refractivity contribution in [3.8, 4) is 0 Å². The number of nitrogens with one attached hydrogen (secondary N) is 2. The van der Waals surface area contributed by atoms with Gasteiger partial charge in [-0.3, -0.25) is 4.40 Å². The van der Waals surface area contributed by atoms with Crippen molar-refractivity contribution >= 4 is 17.4 Å². The fourth-order valence-corrected chi connectivity index (χ4v) is 1.94. The van der Waals surface area contributed by atoms with Gasteiger partial charge in [-0.1, -0.05) is 18.2 Å². The molecule has 3 aromatic rings. The largest absolute Gasteiger partial charge is 0.363 e. The zero-order valence-electron chi connectivity index (χ0n) is 10.8. The summed E-state index contributed by atoms with van der Waals surface area (Å²) >= 11 is 0. The second-order valence-electron chi connectivity index (χ2n) is 4.19. The number of hydrogen-bond acceptors (Lipinski definition) is 5. The van der Waals surface area contributed by atoms with Crippen LogP contribution in [0.25, 0.3) is 5.65 Å². The maximum absolute atomic E-state index is 13.6. The molecule has 0 saturated carbocycles. The first-order chi connectivity index (χ1) is 9.79. The van der Waals surface area contributed by atoms with Gasteiger partial charge in [-0.05, 0) is 6.07 Å². The van der Waals surface area contributed by atoms with E-state index in [1.54, 1.807) is 42.0 Å². The molecule has 0 aliphatic heterocycles. The molecule has 0 atom stereocenters. The molecule has 0 amide bonds. The summed E-state index contributed by atoms with van der Waals surface area (Å²) < 4.78 is 15.3. The predicted octanol–water partition coefficient (Wildman–Crippen LogP) is 1.92. The Labute approximate surface area is 114 Å². The fourth-order valence-electron chi connectivity index (χ4n) is 1.94. The predicted molar refractivity (Wildman–Crippen MR) is 74.1 cm³/mol. The van der Waals surface area contributed by atoms with Crippen molar-refractivity contribution in [1.82, 2.24) is 19.6 Å². The quantitative estimate of drug-likeness (QED) is 0.759. The van der Waals surface area contributed by atoms with E-state index < -0.39 is 0 Å². The Hall–Kier alpha value is -2.70. The minimum Gasteiger partial charge on any atom is -0.363 e. The molecule has 0 saturated heterocycles. The SMILES string of the molecule is CNc1nnc2c(NCc3ccccc3F)nccn12. The van der Waals surface area contributed by atoms with E-state index in [0.29, 0.717) is 29.5 Å². The smallest absolute Gasteiger partial charge is 0.228 e. The zero-order chi connectivity index (χ0) is 13.9. The highest BCUT2D eigenvalue weighted by molar-refractivity contribution is 5.64. The Morgan fingerprint density at radius 2 is 2.10 bits per heavy atom. The van der Waals surface area contributed by atoms with Gasteiger partial charge < -0.3 is 10.6 Å². The van der Waals surface area contributed by atoms with Crippen LogP contribution >= 0.6 is 0 Å². The molecular formula is C13H13FN6. The Kier molecular flexibility index (Phi) is 3.16. The van der Waals surface area contributed by atoms with Gasteiger partial charge >= 0.3 is 0 Å². The van der Waals surface area contributed by atoms with E-state index in [1.807, 2.05) is 0 Å². The molecule has 20 heavy (non-hydrogen) atoms. The third-order valence-electron chi connectivity index (χ3n) is 2.95. The molecular weight excluding hydrogens is 259 g/mol. The number of nitrogens with zero attached hydrogens (tertiary/aromatic N) is 4. The number of fused-ring (bicyclic) bond motifs is 1. The van der Waals surface area contributed by atoms with E-state index in [-0.39, 0.29) is 5.82 Å². The average molecular weight is 272 g/mol. The molecule has 0 aliphatic carbocycles. The molecule has 0 unspecified atom stereocenters. The number of benzene rings is 1. The van der Waals surface area contributed by atoms with E-state index in [1.165, 1.54) is 6.07 Å². The highest BCUT2D eigenvalue weighted by Gasteiger charge is 2.09. The van der Waals surface area contributed by atoms with Crippen LogP contribution in [-0.2, 0) is 6.54 Å². The normalized spacial score (nSPS) is 10.7. The first-order valence-corrected chi connectivity index (χ1v) is 6.14. The Balaban J connectivity index is 1.88. The van der Waals surface area contributed by atoms with Gasteiger partial charge in [0.15, 0.2) is 5.82 Å². The lowest BCUT2D eigenvalue weighted by Gasteiger charge is -2.07. The van der Waals surface area contributed by atoms with Gasteiger partial charge in [0.2, 0.25) is 11.6 Å². The van der Waals surface area contributed by atoms with Gasteiger partial charge in [0.1, 0.15) is 5.82 Å². The van der Waals surface area contributed by atoms with Gasteiger partial charge in [0.25, 0.3) is 0 Å². The third-order valence-corrected chi connectivity index (χ3v) is 2.95. The van der Waals surface area contributed by atoms with Crippen LogP contribution in [0.5, 0.6) is 0 Å². The molecule has 1 aromatic carbocycles. The van der Waals surface area contributed by atoms with Gasteiger partial charge in [-0.2, -0.15) is 0 Å². The summed E-state index contributed by atoms with van der Waals surface area (Å²) in [4.78, 5) is 4.21. The lowest BCUT2D eigenvalue weighted by atomic mass is 10.2. The van der Waals surface area contributed by atoms with Crippen LogP contribution in [0.15, 0.2) is 36.7 Å². The second kappa shape index (κ2) is 5.12. The molecule has 2 N–H and O–H groups in total. The van der Waals surface area contributed by atoms with Gasteiger partial charge in [0, 0.05) is 31.5 Å². The topological polar surface area (TPSA) is 67.1 Å². The number of halogens is 1. The van der Waals surface area contributed by atoms with Crippen LogP contribution in [0.3, 0.4) is 0 Å². The molecule has 102 valence electrons. The number of aromatic nitrogens is 4. The van der Waals surface area contributed by atoms with E-state index >= 15 is 0 Å². The summed E-state index contributed by atoms with van der Waals surface area (Å²) in [5.41, 5.74) is 1.16. The molecule has 7 heteroatoms. The minimum absolute atomic E-state index is 0.246. The average Bonchev–Trinajstić information content (AvgIpc) is 2.90. The summed E-state index contributed by atoms with van der Waals surface area (Å²) in [6.07, 6.45) is 3.40. The van der Waals surface area contributed by atoms with E-state index in [2.05, 4.69) is 25.8 Å². The van der Waals surface area contributed by atoms with E-state index in [0.717, 1.165) is 0 Å². The van der Waals surface area contributed by atoms with Crippen LogP contribution in [-0.4, -0.2) is 26.6 Å². The van der Waals surface area contributed by atoms with Crippen LogP contribution in [0.2, 0.25) is 0 Å². The van der Waals surface area contributed by atoms with Crippen molar-refractivity contribution in [2.45, 2.75) is 6.54 Å². The summed E-state index contributed by atoms with van der Waals surface area (Å²) in [6, 6.07) is 6.62. The molecule has 0 bridgehead atoms. The van der Waals surface area contributed by atoms with Crippen molar-refractivity contribution in [2.24, 2.45) is 0 Å². The van der Waals surface area contributed by atoms with Crippen LogP contribution < -0.4 is 10.6 Å². The van der Waals surface area contributed by atoms with Crippen molar-refractivity contribution in [3.63, 3.8) is 0 Å². The monoisotopic (exact) mass is 272 g/mol. The number of rotatable bonds is 4. The van der Waals surface area contributed by atoms with Crippen LogP contribution in [0, 0.1) is 5.82 Å². The minimum atomic E-state index is -0.246. The second-order valence-corrected chi connectivity index (χ2v) is 4.19. The molecule has 0 aliphatic rings. The number of anilines is 2. The van der Waals surface area contributed by atoms with Gasteiger partial charge in [-0.25, -0.2) is 9.37 Å². The molecule has 0 fully saturated rings. The molecule has 0 spiro atoms. The summed E-state index contributed by atoms with van der Waals surface area (Å²) in [5.74, 6) is 0.936. The van der Waals surface area contributed by atoms with Gasteiger partial charge in [-0.15, -0.1) is 10.2 Å². The van der Waals surface area contributed by atoms with Crippen LogP contribution in [0.1, 0.15) is 5.56 Å². The summed E-state index contributed by atoms with van der Waals surface area (Å²) in [5, 5.41) is 14.1. The molecule has 2 aromatic heterocycles. The van der Waals surface area contributed by atoms with Crippen LogP contribution in [0.4, 0.5) is 16.2 Å². The number of hydrogen-bond donors (Lipinski definition) is 2. The first kappa shape index (κ1) is 12.3. The molecule has 3 rings (SSSR count). The van der Waals surface area contributed by atoms with Crippen molar-refractivity contribution < 1.29 is 4.39 Å². The summed E-state index contributed by atoms with van der Waals surface area (Å²) in [7, 11) is 1.77. The lowest BCUT2D eigenvalue weighted by Crippen LogP contribution is -2.05. The Morgan fingerprint density at radius 1 is 1.25 bits per heavy atom. The first-order valence-electron chi connectivity index (χ1n) is 6.14. The van der Waals surface area contributed by atoms with Gasteiger partial charge in [0.05, 0.1) is 0 Å². The highest BCUT2D eigenvalue weighted by atomic mass is 19.1. The maximum Gasteiger partial charge on any atom is 0.228 e. The molecule has 2 heterocycles. The zero-order valence-corrected chi connectivity index (χ0v) is 10.8. The van der Waals surface area contributed by atoms with Crippen molar-refractivity contribution in [2.75, 3.05) is 17.7 Å². The molecule has 0 radical (unpaired) electrons. The standard InChI is InChI=1S/C13H13FN6/c1-15-13-19-18-12-11(16-6-7-20(12)13)17-8-9-4-2-3-5-10(9)14/h2-7H,8H2,1H3,(H,15,19)(H,16,17). The highest BCUT2D eigenvalue weighted by Crippen LogP contribution is 2.16. The Morgan fingerprint density at radius 3 is 2.90 bits per heavy atom. The Bertz CT molecular complexity index is 739. The third kappa shape index (κ3) is 2.13. The van der Waals surface area contributed by atoms with Crippen molar-refractivity contribution in [1.29, 1.82) is 0 Å². The van der Waals surface area contributed by atoms with E-state index in [9.17, 15) is 4.39 Å².